The second kappa shape index (κ2) is 9.20. The summed E-state index contributed by atoms with van der Waals surface area (Å²) in [5.41, 5.74) is 4.81. The lowest BCUT2D eigenvalue weighted by atomic mass is 10.1. The minimum absolute atomic E-state index is 0.0451. The Balaban J connectivity index is 1.52. The molecule has 3 heterocycles. The van der Waals surface area contributed by atoms with E-state index in [1.54, 1.807) is 28.0 Å². The van der Waals surface area contributed by atoms with E-state index < -0.39 is 0 Å². The van der Waals surface area contributed by atoms with Crippen molar-refractivity contribution in [2.75, 3.05) is 13.2 Å². The van der Waals surface area contributed by atoms with Crippen LogP contribution < -0.4 is 0 Å². The maximum Gasteiger partial charge on any atom is 0.159 e. The maximum absolute atomic E-state index is 9.67. The number of rotatable bonds is 8. The van der Waals surface area contributed by atoms with Gasteiger partial charge >= 0.3 is 0 Å². The van der Waals surface area contributed by atoms with Gasteiger partial charge in [-0.2, -0.15) is 10.2 Å². The molecule has 4 aromatic rings. The number of nitrogens with zero attached hydrogens (tertiary/aromatic N) is 6. The summed E-state index contributed by atoms with van der Waals surface area (Å²) in [4.78, 5) is 9.11. The van der Waals surface area contributed by atoms with Crippen LogP contribution in [0, 0.1) is 0 Å². The van der Waals surface area contributed by atoms with Gasteiger partial charge in [0.2, 0.25) is 0 Å². The zero-order valence-electron chi connectivity index (χ0n) is 17.9. The Bertz CT molecular complexity index is 1130. The van der Waals surface area contributed by atoms with Crippen molar-refractivity contribution in [1.82, 2.24) is 29.5 Å². The first kappa shape index (κ1) is 20.9. The van der Waals surface area contributed by atoms with E-state index in [-0.39, 0.29) is 18.8 Å². The van der Waals surface area contributed by atoms with Crippen molar-refractivity contribution in [3.05, 3.63) is 61.4 Å². The average Bonchev–Trinajstić information content (AvgIpc) is 3.44. The largest absolute Gasteiger partial charge is 0.394 e. The van der Waals surface area contributed by atoms with Crippen LogP contribution in [0.5, 0.6) is 0 Å². The fraction of sp³-hybridized carbons (Fsp3) is 0.304. The van der Waals surface area contributed by atoms with Crippen LogP contribution in [0.1, 0.15) is 19.9 Å². The molecule has 4 rings (SSSR count). The Morgan fingerprint density at radius 3 is 2.29 bits per heavy atom. The quantitative estimate of drug-likeness (QED) is 0.472. The van der Waals surface area contributed by atoms with E-state index in [1.165, 1.54) is 0 Å². The molecule has 0 aliphatic carbocycles. The van der Waals surface area contributed by atoms with Crippen molar-refractivity contribution in [2.24, 2.45) is 7.05 Å². The Morgan fingerprint density at radius 1 is 0.903 bits per heavy atom. The van der Waals surface area contributed by atoms with Gasteiger partial charge in [-0.3, -0.25) is 9.36 Å². The molecule has 1 unspecified atom stereocenters. The van der Waals surface area contributed by atoms with Gasteiger partial charge < -0.3 is 9.84 Å². The molecule has 160 valence electrons. The molecule has 0 aliphatic heterocycles. The van der Waals surface area contributed by atoms with E-state index in [9.17, 15) is 5.11 Å². The van der Waals surface area contributed by atoms with Gasteiger partial charge in [-0.25, -0.2) is 9.97 Å². The molecule has 0 saturated carbocycles. The highest BCUT2D eigenvalue weighted by molar-refractivity contribution is 5.70. The van der Waals surface area contributed by atoms with Crippen molar-refractivity contribution in [3.8, 4) is 33.6 Å². The molecule has 1 N–H and O–H groups in total. The minimum atomic E-state index is -0.230. The molecule has 8 heteroatoms. The third kappa shape index (κ3) is 4.87. The number of aliphatic hydroxyl groups is 1. The second-order valence-corrected chi connectivity index (χ2v) is 7.71. The Labute approximate surface area is 181 Å². The number of aliphatic hydroxyl groups excluding tert-OH is 1. The van der Waals surface area contributed by atoms with E-state index in [0.717, 1.165) is 27.8 Å². The molecule has 0 radical (unpaired) electrons. The van der Waals surface area contributed by atoms with Crippen LogP contribution in [0.4, 0.5) is 0 Å². The zero-order chi connectivity index (χ0) is 21.8. The first-order chi connectivity index (χ1) is 15.0. The zero-order valence-corrected chi connectivity index (χ0v) is 17.9. The molecule has 0 amide bonds. The van der Waals surface area contributed by atoms with Crippen molar-refractivity contribution < 1.29 is 9.84 Å². The van der Waals surface area contributed by atoms with E-state index in [2.05, 4.69) is 26.2 Å². The third-order valence-corrected chi connectivity index (χ3v) is 4.95. The van der Waals surface area contributed by atoms with Crippen LogP contribution in [0.2, 0.25) is 0 Å². The number of hydrogen-bond donors (Lipinski definition) is 1. The predicted octanol–water partition coefficient (Wildman–Crippen LogP) is 3.37. The average molecular weight is 419 g/mol. The molecule has 3 aromatic heterocycles. The monoisotopic (exact) mass is 418 g/mol. The summed E-state index contributed by atoms with van der Waals surface area (Å²) in [5.74, 6) is 0.653. The Morgan fingerprint density at radius 2 is 1.61 bits per heavy atom. The molecule has 31 heavy (non-hydrogen) atoms. The lowest BCUT2D eigenvalue weighted by Gasteiger charge is -2.16. The topological polar surface area (TPSA) is 90.9 Å². The van der Waals surface area contributed by atoms with Gasteiger partial charge in [-0.05, 0) is 25.5 Å². The second-order valence-electron chi connectivity index (χ2n) is 7.71. The van der Waals surface area contributed by atoms with E-state index in [1.807, 2.05) is 57.7 Å². The standard InChI is InChI=1S/C23H26N6O2/c1-16(2)31-15-22(14-30)29-13-21(11-27-29)19-8-24-23(25-9-19)18-6-4-5-17(7-18)20-10-26-28(3)12-20/h4-13,16,22,30H,14-15H2,1-3H3. The summed E-state index contributed by atoms with van der Waals surface area (Å²) >= 11 is 0. The number of aryl methyl sites for hydroxylation is 1. The van der Waals surface area contributed by atoms with Crippen LogP contribution in [-0.4, -0.2) is 54.0 Å². The van der Waals surface area contributed by atoms with Gasteiger partial charge in [-0.15, -0.1) is 0 Å². The van der Waals surface area contributed by atoms with Crippen molar-refractivity contribution >= 4 is 0 Å². The van der Waals surface area contributed by atoms with Gasteiger partial charge in [0.15, 0.2) is 5.82 Å². The lowest BCUT2D eigenvalue weighted by molar-refractivity contribution is 0.0345. The molecular weight excluding hydrogens is 392 g/mol. The number of benzene rings is 1. The minimum Gasteiger partial charge on any atom is -0.394 e. The summed E-state index contributed by atoms with van der Waals surface area (Å²) < 4.78 is 9.13. The van der Waals surface area contributed by atoms with Gasteiger partial charge in [0.1, 0.15) is 0 Å². The van der Waals surface area contributed by atoms with E-state index >= 15 is 0 Å². The highest BCUT2D eigenvalue weighted by Gasteiger charge is 2.14. The van der Waals surface area contributed by atoms with Crippen molar-refractivity contribution in [2.45, 2.75) is 26.0 Å². The molecule has 0 spiro atoms. The highest BCUT2D eigenvalue weighted by atomic mass is 16.5. The number of ether oxygens (including phenoxy) is 1. The molecule has 0 saturated heterocycles. The summed E-state index contributed by atoms with van der Waals surface area (Å²) in [5, 5.41) is 18.3. The van der Waals surface area contributed by atoms with Gasteiger partial charge in [0, 0.05) is 54.1 Å². The molecule has 0 fully saturated rings. The molecular formula is C23H26N6O2. The highest BCUT2D eigenvalue weighted by Crippen LogP contribution is 2.25. The fourth-order valence-electron chi connectivity index (χ4n) is 3.24. The summed E-state index contributed by atoms with van der Waals surface area (Å²) in [6, 6.07) is 7.86. The molecule has 0 aliphatic rings. The van der Waals surface area contributed by atoms with Gasteiger partial charge in [0.05, 0.1) is 37.8 Å². The van der Waals surface area contributed by atoms with Crippen LogP contribution in [0.15, 0.2) is 61.4 Å². The summed E-state index contributed by atoms with van der Waals surface area (Å²) in [6.45, 7) is 4.29. The number of aromatic nitrogens is 6. The van der Waals surface area contributed by atoms with Gasteiger partial charge in [0.25, 0.3) is 0 Å². The SMILES string of the molecule is CC(C)OCC(CO)n1cc(-c2cnc(-c3cccc(-c4cnn(C)c4)c3)nc2)cn1. The molecule has 1 atom stereocenters. The normalized spacial score (nSPS) is 12.4. The van der Waals surface area contributed by atoms with Crippen LogP contribution in [0.3, 0.4) is 0 Å². The first-order valence-electron chi connectivity index (χ1n) is 10.2. The maximum atomic E-state index is 9.67. The Hall–Kier alpha value is -3.36. The van der Waals surface area contributed by atoms with Crippen LogP contribution >= 0.6 is 0 Å². The Kier molecular flexibility index (Phi) is 6.20. The van der Waals surface area contributed by atoms with E-state index in [4.69, 9.17) is 4.74 Å². The van der Waals surface area contributed by atoms with Crippen LogP contribution in [0.25, 0.3) is 33.6 Å². The predicted molar refractivity (Wildman–Crippen MR) is 118 cm³/mol. The first-order valence-corrected chi connectivity index (χ1v) is 10.2. The summed E-state index contributed by atoms with van der Waals surface area (Å²) in [6.07, 6.45) is 11.1. The molecule has 1 aromatic carbocycles. The fourth-order valence-corrected chi connectivity index (χ4v) is 3.24. The van der Waals surface area contributed by atoms with E-state index in [0.29, 0.717) is 12.4 Å². The molecule has 8 nitrogen and oxygen atoms in total. The van der Waals surface area contributed by atoms with Crippen molar-refractivity contribution in [3.63, 3.8) is 0 Å². The smallest absolute Gasteiger partial charge is 0.159 e. The van der Waals surface area contributed by atoms with Crippen molar-refractivity contribution in [1.29, 1.82) is 0 Å². The molecule has 0 bridgehead atoms. The van der Waals surface area contributed by atoms with Gasteiger partial charge in [-0.1, -0.05) is 18.2 Å². The lowest BCUT2D eigenvalue weighted by Crippen LogP contribution is -2.21. The van der Waals surface area contributed by atoms with Crippen LogP contribution in [-0.2, 0) is 11.8 Å². The third-order valence-electron chi connectivity index (χ3n) is 4.95. The summed E-state index contributed by atoms with van der Waals surface area (Å²) in [7, 11) is 1.90. The number of hydrogen-bond acceptors (Lipinski definition) is 6.